The third-order valence-corrected chi connectivity index (χ3v) is 3.77. The monoisotopic (exact) mass is 251 g/mol. The molecule has 0 aromatic heterocycles. The van der Waals surface area contributed by atoms with Crippen molar-refractivity contribution in [1.29, 1.82) is 0 Å². The number of nitrogen functional groups attached to an aromatic ring is 1. The van der Waals surface area contributed by atoms with Crippen LogP contribution in [0.5, 0.6) is 0 Å². The Morgan fingerprint density at radius 2 is 2.06 bits per heavy atom. The molecule has 100 valence electrons. The van der Waals surface area contributed by atoms with Crippen LogP contribution in [0.1, 0.15) is 12.8 Å². The zero-order valence-electron chi connectivity index (χ0n) is 11.2. The molecule has 18 heavy (non-hydrogen) atoms. The van der Waals surface area contributed by atoms with Gasteiger partial charge in [-0.1, -0.05) is 0 Å². The quantitative estimate of drug-likeness (QED) is 0.836. The largest absolute Gasteiger partial charge is 0.397 e. The first-order chi connectivity index (χ1) is 8.56. The van der Waals surface area contributed by atoms with E-state index in [9.17, 15) is 4.39 Å². The second-order valence-electron chi connectivity index (χ2n) is 5.33. The molecule has 1 fully saturated rings. The Hall–Kier alpha value is -1.29. The van der Waals surface area contributed by atoms with Crippen molar-refractivity contribution in [3.05, 3.63) is 24.0 Å². The minimum Gasteiger partial charge on any atom is -0.397 e. The van der Waals surface area contributed by atoms with E-state index in [1.807, 2.05) is 7.05 Å². The molecule has 0 saturated carbocycles. The summed E-state index contributed by atoms with van der Waals surface area (Å²) in [5.41, 5.74) is 7.35. The van der Waals surface area contributed by atoms with Crippen LogP contribution in [0.2, 0.25) is 0 Å². The molecule has 2 N–H and O–H groups in total. The molecule has 4 heteroatoms. The topological polar surface area (TPSA) is 32.5 Å². The number of likely N-dealkylation sites (tertiary alicyclic amines) is 1. The Labute approximate surface area is 108 Å². The summed E-state index contributed by atoms with van der Waals surface area (Å²) in [4.78, 5) is 4.43. The van der Waals surface area contributed by atoms with E-state index in [-0.39, 0.29) is 5.82 Å². The molecule has 1 saturated heterocycles. The smallest absolute Gasteiger partial charge is 0.125 e. The number of hydrogen-bond donors (Lipinski definition) is 1. The lowest BCUT2D eigenvalue weighted by Crippen LogP contribution is -2.35. The van der Waals surface area contributed by atoms with Crippen LogP contribution < -0.4 is 10.6 Å². The van der Waals surface area contributed by atoms with Crippen molar-refractivity contribution >= 4 is 11.4 Å². The van der Waals surface area contributed by atoms with Crippen LogP contribution in [0.4, 0.5) is 15.8 Å². The summed E-state index contributed by atoms with van der Waals surface area (Å²) in [5.74, 6) is 0.447. The first-order valence-corrected chi connectivity index (χ1v) is 6.51. The standard InChI is InChI=1S/C14H22FN3/c1-17-7-5-11(6-8-17)10-18(2)14-9-12(15)3-4-13(14)16/h3-4,9,11H,5-8,10,16H2,1-2H3. The van der Waals surface area contributed by atoms with Crippen LogP contribution in [-0.2, 0) is 0 Å². The molecule has 0 spiro atoms. The Balaban J connectivity index is 1.98. The molecule has 0 aliphatic carbocycles. The summed E-state index contributed by atoms with van der Waals surface area (Å²) in [7, 11) is 4.15. The number of benzene rings is 1. The van der Waals surface area contributed by atoms with Gasteiger partial charge in [-0.3, -0.25) is 0 Å². The van der Waals surface area contributed by atoms with Crippen LogP contribution in [0.25, 0.3) is 0 Å². The minimum atomic E-state index is -0.227. The number of nitrogens with two attached hydrogens (primary N) is 1. The first-order valence-electron chi connectivity index (χ1n) is 6.51. The average Bonchev–Trinajstić information content (AvgIpc) is 2.35. The Bertz CT molecular complexity index is 400. The highest BCUT2D eigenvalue weighted by molar-refractivity contribution is 5.67. The van der Waals surface area contributed by atoms with Gasteiger partial charge >= 0.3 is 0 Å². The van der Waals surface area contributed by atoms with E-state index in [4.69, 9.17) is 5.73 Å². The van der Waals surface area contributed by atoms with Gasteiger partial charge in [0.2, 0.25) is 0 Å². The molecule has 0 amide bonds. The highest BCUT2D eigenvalue weighted by Crippen LogP contribution is 2.26. The van der Waals surface area contributed by atoms with Crippen molar-refractivity contribution in [3.63, 3.8) is 0 Å². The van der Waals surface area contributed by atoms with Crippen molar-refractivity contribution in [2.24, 2.45) is 5.92 Å². The summed E-state index contributed by atoms with van der Waals surface area (Å²) in [5, 5.41) is 0. The maximum absolute atomic E-state index is 13.2. The van der Waals surface area contributed by atoms with E-state index in [2.05, 4.69) is 16.8 Å². The number of piperidine rings is 1. The van der Waals surface area contributed by atoms with E-state index in [1.165, 1.54) is 25.0 Å². The lowest BCUT2D eigenvalue weighted by molar-refractivity contribution is 0.222. The minimum absolute atomic E-state index is 0.227. The van der Waals surface area contributed by atoms with Crippen LogP contribution in [0, 0.1) is 11.7 Å². The normalized spacial score (nSPS) is 17.9. The number of anilines is 2. The SMILES string of the molecule is CN1CCC(CN(C)c2cc(F)ccc2N)CC1. The molecule has 0 unspecified atom stereocenters. The summed E-state index contributed by atoms with van der Waals surface area (Å²) in [6.07, 6.45) is 2.41. The van der Waals surface area contributed by atoms with Crippen molar-refractivity contribution in [1.82, 2.24) is 4.90 Å². The fraction of sp³-hybridized carbons (Fsp3) is 0.571. The second-order valence-corrected chi connectivity index (χ2v) is 5.33. The highest BCUT2D eigenvalue weighted by atomic mass is 19.1. The lowest BCUT2D eigenvalue weighted by Gasteiger charge is -2.32. The van der Waals surface area contributed by atoms with E-state index in [0.29, 0.717) is 11.6 Å². The molecule has 0 bridgehead atoms. The van der Waals surface area contributed by atoms with Gasteiger partial charge in [0.05, 0.1) is 11.4 Å². The summed E-state index contributed by atoms with van der Waals surface area (Å²) in [6, 6.07) is 4.56. The van der Waals surface area contributed by atoms with Gasteiger partial charge in [-0.2, -0.15) is 0 Å². The lowest BCUT2D eigenvalue weighted by atomic mass is 9.96. The van der Waals surface area contributed by atoms with E-state index < -0.39 is 0 Å². The fourth-order valence-electron chi connectivity index (χ4n) is 2.58. The molecule has 1 heterocycles. The third kappa shape index (κ3) is 3.13. The van der Waals surface area contributed by atoms with Crippen molar-refractivity contribution in [2.75, 3.05) is 44.4 Å². The Morgan fingerprint density at radius 1 is 1.39 bits per heavy atom. The van der Waals surface area contributed by atoms with Crippen molar-refractivity contribution < 1.29 is 4.39 Å². The average molecular weight is 251 g/mol. The summed E-state index contributed by atoms with van der Waals surface area (Å²) >= 11 is 0. The number of nitrogens with zero attached hydrogens (tertiary/aromatic N) is 2. The van der Waals surface area contributed by atoms with E-state index >= 15 is 0 Å². The van der Waals surface area contributed by atoms with Crippen LogP contribution >= 0.6 is 0 Å². The number of halogens is 1. The number of rotatable bonds is 3. The van der Waals surface area contributed by atoms with Gasteiger partial charge in [-0.25, -0.2) is 4.39 Å². The number of hydrogen-bond acceptors (Lipinski definition) is 3. The molecule has 1 aromatic rings. The first kappa shape index (κ1) is 13.1. The van der Waals surface area contributed by atoms with Gasteiger partial charge in [-0.15, -0.1) is 0 Å². The zero-order chi connectivity index (χ0) is 13.1. The van der Waals surface area contributed by atoms with Gasteiger partial charge in [0, 0.05) is 13.6 Å². The van der Waals surface area contributed by atoms with E-state index in [1.54, 1.807) is 6.07 Å². The Morgan fingerprint density at radius 3 is 2.72 bits per heavy atom. The summed E-state index contributed by atoms with van der Waals surface area (Å²) in [6.45, 7) is 3.25. The van der Waals surface area contributed by atoms with Gasteiger partial charge in [-0.05, 0) is 57.1 Å². The molecule has 2 rings (SSSR count). The van der Waals surface area contributed by atoms with Crippen LogP contribution in [0.15, 0.2) is 18.2 Å². The molecule has 1 aliphatic heterocycles. The molecule has 1 aromatic carbocycles. The second kappa shape index (κ2) is 5.57. The molecule has 1 aliphatic rings. The van der Waals surface area contributed by atoms with Gasteiger partial charge < -0.3 is 15.5 Å². The van der Waals surface area contributed by atoms with Gasteiger partial charge in [0.15, 0.2) is 0 Å². The zero-order valence-corrected chi connectivity index (χ0v) is 11.2. The summed E-state index contributed by atoms with van der Waals surface area (Å²) < 4.78 is 13.2. The maximum atomic E-state index is 13.2. The van der Waals surface area contributed by atoms with Crippen molar-refractivity contribution in [3.8, 4) is 0 Å². The van der Waals surface area contributed by atoms with Crippen LogP contribution in [0.3, 0.4) is 0 Å². The van der Waals surface area contributed by atoms with E-state index in [0.717, 1.165) is 25.3 Å². The Kier molecular flexibility index (Phi) is 4.07. The van der Waals surface area contributed by atoms with Crippen molar-refractivity contribution in [2.45, 2.75) is 12.8 Å². The fourth-order valence-corrected chi connectivity index (χ4v) is 2.58. The highest BCUT2D eigenvalue weighted by Gasteiger charge is 2.19. The molecule has 0 radical (unpaired) electrons. The van der Waals surface area contributed by atoms with Crippen LogP contribution in [-0.4, -0.2) is 38.6 Å². The molecule has 3 nitrogen and oxygen atoms in total. The predicted octanol–water partition coefficient (Wildman–Crippen LogP) is 2.19. The predicted molar refractivity (Wildman–Crippen MR) is 74.3 cm³/mol. The molecular weight excluding hydrogens is 229 g/mol. The van der Waals surface area contributed by atoms with Gasteiger partial charge in [0.1, 0.15) is 5.82 Å². The van der Waals surface area contributed by atoms with Gasteiger partial charge in [0.25, 0.3) is 0 Å². The maximum Gasteiger partial charge on any atom is 0.125 e. The molecule has 0 atom stereocenters. The third-order valence-electron chi connectivity index (χ3n) is 3.77. The molecular formula is C14H22FN3.